The van der Waals surface area contributed by atoms with Crippen molar-refractivity contribution < 1.29 is 4.74 Å². The van der Waals surface area contributed by atoms with Crippen molar-refractivity contribution in [3.05, 3.63) is 47.5 Å². The van der Waals surface area contributed by atoms with Crippen LogP contribution in [0.2, 0.25) is 17.1 Å². The molecule has 2 aromatic carbocycles. The van der Waals surface area contributed by atoms with Crippen LogP contribution in [0.1, 0.15) is 45.7 Å². The van der Waals surface area contributed by atoms with Crippen LogP contribution in [0.25, 0.3) is 11.1 Å². The zero-order valence-electron chi connectivity index (χ0n) is 16.4. The van der Waals surface area contributed by atoms with Gasteiger partial charge in [-0.1, -0.05) is 64.1 Å². The molecular formula is C23H30OSi. The molecule has 0 spiro atoms. The summed E-state index contributed by atoms with van der Waals surface area (Å²) < 4.78 is 5.52. The largest absolute Gasteiger partial charge is 0.497 e. The zero-order valence-corrected chi connectivity index (χ0v) is 17.4. The van der Waals surface area contributed by atoms with Crippen LogP contribution in [0.3, 0.4) is 0 Å². The molecule has 0 radical (unpaired) electrons. The van der Waals surface area contributed by atoms with Gasteiger partial charge in [0.1, 0.15) is 5.75 Å². The first-order chi connectivity index (χ1) is 11.8. The van der Waals surface area contributed by atoms with Crippen LogP contribution >= 0.6 is 0 Å². The Labute approximate surface area is 153 Å². The number of ether oxygens (including phenoxy) is 1. The van der Waals surface area contributed by atoms with E-state index in [0.29, 0.717) is 5.41 Å². The second-order valence-corrected chi connectivity index (χ2v) is 14.3. The first-order valence-electron chi connectivity index (χ1n) is 9.65. The average molecular weight is 351 g/mol. The molecule has 1 heterocycles. The van der Waals surface area contributed by atoms with E-state index in [-0.39, 0.29) is 0 Å². The van der Waals surface area contributed by atoms with Gasteiger partial charge in [0.2, 0.25) is 0 Å². The minimum absolute atomic E-state index is 0.300. The summed E-state index contributed by atoms with van der Waals surface area (Å²) in [7, 11) is 0.216. The summed E-state index contributed by atoms with van der Waals surface area (Å²) in [5.41, 5.74) is 7.88. The summed E-state index contributed by atoms with van der Waals surface area (Å²) in [5.74, 6) is 0.967. The molecule has 0 N–H and O–H groups in total. The van der Waals surface area contributed by atoms with E-state index in [1.54, 1.807) is 17.9 Å². The van der Waals surface area contributed by atoms with E-state index in [9.17, 15) is 0 Å². The Balaban J connectivity index is 2.02. The number of hydrogen-bond acceptors (Lipinski definition) is 1. The summed E-state index contributed by atoms with van der Waals surface area (Å²) in [5, 5.41) is 1.74. The van der Waals surface area contributed by atoms with Gasteiger partial charge in [0, 0.05) is 0 Å². The maximum absolute atomic E-state index is 5.52. The minimum Gasteiger partial charge on any atom is -0.497 e. The van der Waals surface area contributed by atoms with E-state index in [2.05, 4.69) is 71.0 Å². The monoisotopic (exact) mass is 350 g/mol. The predicted molar refractivity (Wildman–Crippen MR) is 110 cm³/mol. The van der Waals surface area contributed by atoms with Gasteiger partial charge >= 0.3 is 0 Å². The average Bonchev–Trinajstić information content (AvgIpc) is 2.86. The van der Waals surface area contributed by atoms with Gasteiger partial charge in [-0.2, -0.15) is 0 Å². The third-order valence-corrected chi connectivity index (χ3v) is 14.0. The highest BCUT2D eigenvalue weighted by atomic mass is 28.3. The van der Waals surface area contributed by atoms with Crippen LogP contribution in [-0.4, -0.2) is 15.2 Å². The lowest BCUT2D eigenvalue weighted by Gasteiger charge is -2.39. The molecule has 0 fully saturated rings. The lowest BCUT2D eigenvalue weighted by atomic mass is 9.70. The lowest BCUT2D eigenvalue weighted by Crippen LogP contribution is -2.50. The van der Waals surface area contributed by atoms with Crippen LogP contribution in [0, 0.1) is 0 Å². The molecule has 2 aliphatic rings. The molecule has 0 aromatic heterocycles. The molecule has 0 saturated heterocycles. The summed E-state index contributed by atoms with van der Waals surface area (Å²) in [4.78, 5) is 0. The fraction of sp³-hybridized carbons (Fsp3) is 0.478. The van der Waals surface area contributed by atoms with E-state index < -0.39 is 8.07 Å². The topological polar surface area (TPSA) is 9.23 Å². The molecule has 25 heavy (non-hydrogen) atoms. The first kappa shape index (κ1) is 16.9. The summed E-state index contributed by atoms with van der Waals surface area (Å²) >= 11 is 0. The van der Waals surface area contributed by atoms with Crippen molar-refractivity contribution in [2.24, 2.45) is 0 Å². The smallest absolute Gasteiger partial charge is 0.119 e. The molecule has 1 aliphatic heterocycles. The Bertz CT molecular complexity index is 828. The minimum atomic E-state index is -1.55. The molecule has 132 valence electrons. The maximum atomic E-state index is 5.52. The van der Waals surface area contributed by atoms with Crippen LogP contribution in [-0.2, 0) is 11.8 Å². The van der Waals surface area contributed by atoms with E-state index >= 15 is 0 Å². The SMILES string of the molecule is COc1ccc2c(c1)-c1cccc3c1C(C)(C2)C[Si]3(C(C)C)C(C)C. The first-order valence-corrected chi connectivity index (χ1v) is 12.0. The molecule has 1 unspecified atom stereocenters. The van der Waals surface area contributed by atoms with Crippen molar-refractivity contribution in [2.75, 3.05) is 7.11 Å². The highest BCUT2D eigenvalue weighted by molar-refractivity contribution is 6.95. The van der Waals surface area contributed by atoms with Crippen LogP contribution in [0.4, 0.5) is 0 Å². The van der Waals surface area contributed by atoms with Gasteiger partial charge in [0.25, 0.3) is 0 Å². The fourth-order valence-electron chi connectivity index (χ4n) is 6.00. The van der Waals surface area contributed by atoms with Gasteiger partial charge in [0.15, 0.2) is 0 Å². The third-order valence-electron chi connectivity index (χ3n) is 7.10. The number of methoxy groups -OCH3 is 1. The van der Waals surface area contributed by atoms with Gasteiger partial charge in [-0.15, -0.1) is 0 Å². The predicted octanol–water partition coefficient (Wildman–Crippen LogP) is 5.67. The van der Waals surface area contributed by atoms with Crippen LogP contribution in [0.5, 0.6) is 5.75 Å². The molecule has 4 rings (SSSR count). The van der Waals surface area contributed by atoms with E-state index in [4.69, 9.17) is 4.74 Å². The Morgan fingerprint density at radius 1 is 1.00 bits per heavy atom. The third kappa shape index (κ3) is 2.13. The van der Waals surface area contributed by atoms with E-state index in [0.717, 1.165) is 16.8 Å². The normalized spacial score (nSPS) is 22.9. The molecule has 1 atom stereocenters. The Hall–Kier alpha value is -1.54. The quantitative estimate of drug-likeness (QED) is 0.649. The van der Waals surface area contributed by atoms with Gasteiger partial charge < -0.3 is 4.74 Å². The van der Waals surface area contributed by atoms with Crippen molar-refractivity contribution >= 4 is 13.3 Å². The molecule has 2 aromatic rings. The molecule has 1 aliphatic carbocycles. The second kappa shape index (κ2) is 5.47. The van der Waals surface area contributed by atoms with Crippen LogP contribution < -0.4 is 9.92 Å². The molecule has 0 amide bonds. The highest BCUT2D eigenvalue weighted by Gasteiger charge is 2.56. The van der Waals surface area contributed by atoms with Crippen molar-refractivity contribution in [2.45, 2.75) is 63.6 Å². The van der Waals surface area contributed by atoms with Crippen LogP contribution in [0.15, 0.2) is 36.4 Å². The summed E-state index contributed by atoms with van der Waals surface area (Å²) in [6, 6.07) is 15.2. The Morgan fingerprint density at radius 2 is 1.72 bits per heavy atom. The second-order valence-electron chi connectivity index (χ2n) is 9.02. The summed E-state index contributed by atoms with van der Waals surface area (Å²) in [6.07, 6.45) is 1.17. The van der Waals surface area contributed by atoms with Crippen molar-refractivity contribution in [1.82, 2.24) is 0 Å². The highest BCUT2D eigenvalue weighted by Crippen LogP contribution is 2.56. The molecule has 0 saturated carbocycles. The van der Waals surface area contributed by atoms with Crippen molar-refractivity contribution in [3.8, 4) is 16.9 Å². The Morgan fingerprint density at radius 3 is 2.36 bits per heavy atom. The number of rotatable bonds is 3. The van der Waals surface area contributed by atoms with Crippen molar-refractivity contribution in [1.29, 1.82) is 0 Å². The van der Waals surface area contributed by atoms with Gasteiger partial charge in [-0.25, -0.2) is 0 Å². The summed E-state index contributed by atoms with van der Waals surface area (Å²) in [6.45, 7) is 12.4. The Kier molecular flexibility index (Phi) is 3.70. The number of hydrogen-bond donors (Lipinski definition) is 0. The van der Waals surface area contributed by atoms with Gasteiger partial charge in [-0.05, 0) is 63.3 Å². The molecular weight excluding hydrogens is 320 g/mol. The zero-order chi connectivity index (χ0) is 18.0. The lowest BCUT2D eigenvalue weighted by molar-refractivity contribution is 0.414. The van der Waals surface area contributed by atoms with Gasteiger partial charge in [0.05, 0.1) is 15.2 Å². The number of benzene rings is 2. The fourth-order valence-corrected chi connectivity index (χ4v) is 12.5. The maximum Gasteiger partial charge on any atom is 0.119 e. The molecule has 0 bridgehead atoms. The molecule has 2 heteroatoms. The van der Waals surface area contributed by atoms with Gasteiger partial charge in [-0.3, -0.25) is 0 Å². The van der Waals surface area contributed by atoms with E-state index in [1.807, 2.05) is 0 Å². The number of fused-ring (bicyclic) bond motifs is 2. The standard InChI is InChI=1S/C23H30OSi/c1-15(2)25(16(3)4)14-23(5)13-17-10-11-18(24-6)12-20(17)19-8-7-9-21(25)22(19)23/h7-12,15-16H,13-14H2,1-6H3. The van der Waals surface area contributed by atoms with E-state index in [1.165, 1.54) is 29.2 Å². The van der Waals surface area contributed by atoms with Crippen molar-refractivity contribution in [3.63, 3.8) is 0 Å². The molecule has 1 nitrogen and oxygen atoms in total.